The van der Waals surface area contributed by atoms with Gasteiger partial charge >= 0.3 is 0 Å². The number of para-hydroxylation sites is 2. The molecule has 1 amide bonds. The fourth-order valence-electron chi connectivity index (χ4n) is 2.19. The summed E-state index contributed by atoms with van der Waals surface area (Å²) in [4.78, 5) is 12.0. The summed E-state index contributed by atoms with van der Waals surface area (Å²) in [6, 6.07) is 7.49. The summed E-state index contributed by atoms with van der Waals surface area (Å²) < 4.78 is 11.4. The van der Waals surface area contributed by atoms with E-state index in [2.05, 4.69) is 10.6 Å². The molecule has 1 heterocycles. The van der Waals surface area contributed by atoms with E-state index in [1.54, 1.807) is 0 Å². The lowest BCUT2D eigenvalue weighted by atomic mass is 10.1. The predicted molar refractivity (Wildman–Crippen MR) is 87.3 cm³/mol. The smallest absolute Gasteiger partial charge is 0.238 e. The number of hydrogen-bond acceptors (Lipinski definition) is 4. The highest BCUT2D eigenvalue weighted by molar-refractivity contribution is 5.93. The molecule has 0 bridgehead atoms. The van der Waals surface area contributed by atoms with Crippen molar-refractivity contribution >= 4 is 11.6 Å². The number of benzene rings is 1. The average molecular weight is 306 g/mol. The molecule has 122 valence electrons. The van der Waals surface area contributed by atoms with Gasteiger partial charge in [-0.05, 0) is 45.7 Å². The third-order valence-electron chi connectivity index (χ3n) is 3.39. The lowest BCUT2D eigenvalue weighted by Gasteiger charge is -2.20. The Morgan fingerprint density at radius 3 is 2.82 bits per heavy atom. The summed E-state index contributed by atoms with van der Waals surface area (Å²) in [5.41, 5.74) is 0.605. The molecule has 0 saturated carbocycles. The van der Waals surface area contributed by atoms with E-state index < -0.39 is 0 Å². The van der Waals surface area contributed by atoms with Crippen LogP contribution in [0.4, 0.5) is 5.69 Å². The minimum absolute atomic E-state index is 0.0805. The second-order valence-corrected chi connectivity index (χ2v) is 6.59. The van der Waals surface area contributed by atoms with Crippen LogP contribution in [0.2, 0.25) is 0 Å². The Balaban J connectivity index is 1.88. The van der Waals surface area contributed by atoms with E-state index >= 15 is 0 Å². The summed E-state index contributed by atoms with van der Waals surface area (Å²) in [6.07, 6.45) is 2.28. The predicted octanol–water partition coefficient (Wildman–Crippen LogP) is 2.57. The van der Waals surface area contributed by atoms with Crippen LogP contribution < -0.4 is 15.4 Å². The molecule has 1 aromatic rings. The van der Waals surface area contributed by atoms with E-state index in [-0.39, 0.29) is 24.1 Å². The summed E-state index contributed by atoms with van der Waals surface area (Å²) in [5, 5.41) is 6.06. The van der Waals surface area contributed by atoms with Gasteiger partial charge in [0.2, 0.25) is 5.91 Å². The molecule has 2 N–H and O–H groups in total. The zero-order chi connectivity index (χ0) is 16.0. The first-order valence-electron chi connectivity index (χ1n) is 7.82. The molecule has 1 aliphatic heterocycles. The molecule has 1 aromatic carbocycles. The summed E-state index contributed by atoms with van der Waals surface area (Å²) >= 11 is 0. The molecule has 22 heavy (non-hydrogen) atoms. The Labute approximate surface area is 132 Å². The van der Waals surface area contributed by atoms with Crippen molar-refractivity contribution in [2.45, 2.75) is 45.3 Å². The van der Waals surface area contributed by atoms with Crippen molar-refractivity contribution in [3.63, 3.8) is 0 Å². The Kier molecular flexibility index (Phi) is 5.80. The number of hydrogen-bond donors (Lipinski definition) is 2. The Hall–Kier alpha value is -1.59. The number of anilines is 1. The van der Waals surface area contributed by atoms with Gasteiger partial charge in [-0.2, -0.15) is 0 Å². The van der Waals surface area contributed by atoms with Crippen molar-refractivity contribution in [1.29, 1.82) is 0 Å². The van der Waals surface area contributed by atoms with Crippen LogP contribution in [0.1, 0.15) is 33.6 Å². The van der Waals surface area contributed by atoms with Crippen LogP contribution in [0.25, 0.3) is 0 Å². The van der Waals surface area contributed by atoms with Crippen molar-refractivity contribution in [2.75, 3.05) is 25.1 Å². The Morgan fingerprint density at radius 2 is 2.14 bits per heavy atom. The van der Waals surface area contributed by atoms with Crippen molar-refractivity contribution in [2.24, 2.45) is 0 Å². The van der Waals surface area contributed by atoms with Crippen molar-refractivity contribution in [3.8, 4) is 5.75 Å². The van der Waals surface area contributed by atoms with E-state index in [0.717, 1.165) is 19.4 Å². The zero-order valence-corrected chi connectivity index (χ0v) is 13.6. The van der Waals surface area contributed by atoms with E-state index in [4.69, 9.17) is 9.47 Å². The normalized spacial score (nSPS) is 18.2. The average Bonchev–Trinajstić information content (AvgIpc) is 2.97. The highest BCUT2D eigenvalue weighted by Crippen LogP contribution is 2.25. The van der Waals surface area contributed by atoms with Crippen LogP contribution in [0.3, 0.4) is 0 Å². The van der Waals surface area contributed by atoms with Crippen LogP contribution in [0, 0.1) is 0 Å². The Morgan fingerprint density at radius 1 is 1.36 bits per heavy atom. The minimum atomic E-state index is -0.0901. The first-order valence-corrected chi connectivity index (χ1v) is 7.82. The van der Waals surface area contributed by atoms with E-state index in [1.807, 2.05) is 45.0 Å². The maximum Gasteiger partial charge on any atom is 0.238 e. The van der Waals surface area contributed by atoms with Gasteiger partial charge in [-0.1, -0.05) is 12.1 Å². The standard InChI is InChI=1S/C17H26N2O3/c1-17(2,3)18-11-16(20)19-14-8-4-5-9-15(14)22-12-13-7-6-10-21-13/h4-5,8-9,13,18H,6-7,10-12H2,1-3H3,(H,19,20). The van der Waals surface area contributed by atoms with Crippen molar-refractivity contribution in [1.82, 2.24) is 5.32 Å². The summed E-state index contributed by atoms with van der Waals surface area (Å²) in [5.74, 6) is 0.602. The number of nitrogens with one attached hydrogen (secondary N) is 2. The Bertz CT molecular complexity index is 491. The molecular weight excluding hydrogens is 280 g/mol. The lowest BCUT2D eigenvalue weighted by molar-refractivity contribution is -0.115. The summed E-state index contributed by atoms with van der Waals surface area (Å²) in [6.45, 7) is 7.68. The van der Waals surface area contributed by atoms with E-state index in [9.17, 15) is 4.79 Å². The zero-order valence-electron chi connectivity index (χ0n) is 13.6. The molecular formula is C17H26N2O3. The second kappa shape index (κ2) is 7.61. The molecule has 1 aliphatic rings. The summed E-state index contributed by atoms with van der Waals surface area (Å²) in [7, 11) is 0. The van der Waals surface area contributed by atoms with Crippen LogP contribution in [-0.2, 0) is 9.53 Å². The topological polar surface area (TPSA) is 59.6 Å². The molecule has 0 radical (unpaired) electrons. The number of ether oxygens (including phenoxy) is 2. The number of carbonyl (C=O) groups excluding carboxylic acids is 1. The monoisotopic (exact) mass is 306 g/mol. The van der Waals surface area contributed by atoms with Gasteiger partial charge in [-0.15, -0.1) is 0 Å². The molecule has 5 nitrogen and oxygen atoms in total. The van der Waals surface area contributed by atoms with Gasteiger partial charge in [-0.25, -0.2) is 0 Å². The molecule has 5 heteroatoms. The lowest BCUT2D eigenvalue weighted by Crippen LogP contribution is -2.41. The quantitative estimate of drug-likeness (QED) is 0.848. The third kappa shape index (κ3) is 5.66. The van der Waals surface area contributed by atoms with Gasteiger partial charge in [0.25, 0.3) is 0 Å². The highest BCUT2D eigenvalue weighted by Gasteiger charge is 2.17. The molecule has 0 aliphatic carbocycles. The molecule has 1 unspecified atom stereocenters. The van der Waals surface area contributed by atoms with E-state index in [0.29, 0.717) is 18.0 Å². The van der Waals surface area contributed by atoms with Crippen molar-refractivity contribution < 1.29 is 14.3 Å². The van der Waals surface area contributed by atoms with Gasteiger partial charge in [0.15, 0.2) is 0 Å². The molecule has 0 spiro atoms. The van der Waals surface area contributed by atoms with Crippen LogP contribution in [-0.4, -0.2) is 37.3 Å². The van der Waals surface area contributed by atoms with Gasteiger partial charge in [0.1, 0.15) is 12.4 Å². The highest BCUT2D eigenvalue weighted by atomic mass is 16.5. The van der Waals surface area contributed by atoms with Crippen molar-refractivity contribution in [3.05, 3.63) is 24.3 Å². The fraction of sp³-hybridized carbons (Fsp3) is 0.588. The van der Waals surface area contributed by atoms with Gasteiger partial charge in [-0.3, -0.25) is 4.79 Å². The van der Waals surface area contributed by atoms with Crippen LogP contribution >= 0.6 is 0 Å². The number of carbonyl (C=O) groups is 1. The van der Waals surface area contributed by atoms with Gasteiger partial charge < -0.3 is 20.1 Å². The number of amides is 1. The second-order valence-electron chi connectivity index (χ2n) is 6.59. The number of rotatable bonds is 6. The first kappa shape index (κ1) is 16.8. The minimum Gasteiger partial charge on any atom is -0.489 e. The maximum absolute atomic E-state index is 12.0. The largest absolute Gasteiger partial charge is 0.489 e. The third-order valence-corrected chi connectivity index (χ3v) is 3.39. The fourth-order valence-corrected chi connectivity index (χ4v) is 2.19. The van der Waals surface area contributed by atoms with Gasteiger partial charge in [0.05, 0.1) is 18.3 Å². The molecule has 1 fully saturated rings. The SMILES string of the molecule is CC(C)(C)NCC(=O)Nc1ccccc1OCC1CCCO1. The first-order chi connectivity index (χ1) is 10.4. The maximum atomic E-state index is 12.0. The van der Waals surface area contributed by atoms with Crippen LogP contribution in [0.5, 0.6) is 5.75 Å². The molecule has 0 aromatic heterocycles. The van der Waals surface area contributed by atoms with E-state index in [1.165, 1.54) is 0 Å². The van der Waals surface area contributed by atoms with Gasteiger partial charge in [0, 0.05) is 12.1 Å². The van der Waals surface area contributed by atoms with Crippen LogP contribution in [0.15, 0.2) is 24.3 Å². The molecule has 2 rings (SSSR count). The molecule has 1 atom stereocenters. The molecule has 1 saturated heterocycles.